The highest BCUT2D eigenvalue weighted by Gasteiger charge is 2.23. The molecule has 1 atom stereocenters. The van der Waals surface area contributed by atoms with Crippen LogP contribution in [0.15, 0.2) is 12.4 Å². The van der Waals surface area contributed by atoms with E-state index in [1.54, 1.807) is 0 Å². The minimum Gasteiger partial charge on any atom is -0.472 e. The molecule has 1 aromatic heterocycles. The van der Waals surface area contributed by atoms with Crippen molar-refractivity contribution in [2.45, 2.75) is 57.2 Å². The van der Waals surface area contributed by atoms with Gasteiger partial charge >= 0.3 is 0 Å². The second-order valence-electron chi connectivity index (χ2n) is 5.64. The van der Waals surface area contributed by atoms with Gasteiger partial charge in [-0.1, -0.05) is 19.3 Å². The van der Waals surface area contributed by atoms with Crippen LogP contribution in [0.1, 0.15) is 51.0 Å². The predicted octanol–water partition coefficient (Wildman–Crippen LogP) is 2.82. The minimum absolute atomic E-state index is 0.244. The quantitative estimate of drug-likeness (QED) is 0.825. The van der Waals surface area contributed by atoms with Crippen LogP contribution >= 0.6 is 0 Å². The Labute approximate surface area is 109 Å². The molecule has 0 aromatic carbocycles. The molecule has 1 aliphatic heterocycles. The van der Waals surface area contributed by atoms with Gasteiger partial charge in [-0.3, -0.25) is 9.58 Å². The molecule has 1 saturated carbocycles. The lowest BCUT2D eigenvalue weighted by molar-refractivity contribution is 0.0810. The molecule has 100 valence electrons. The van der Waals surface area contributed by atoms with E-state index < -0.39 is 0 Å². The van der Waals surface area contributed by atoms with Crippen molar-refractivity contribution in [1.82, 2.24) is 14.7 Å². The van der Waals surface area contributed by atoms with Gasteiger partial charge in [0.05, 0.1) is 18.4 Å². The van der Waals surface area contributed by atoms with Gasteiger partial charge in [-0.25, -0.2) is 0 Å². The fourth-order valence-corrected chi connectivity index (χ4v) is 3.11. The van der Waals surface area contributed by atoms with E-state index in [0.29, 0.717) is 6.04 Å². The van der Waals surface area contributed by atoms with Crippen LogP contribution in [0.2, 0.25) is 0 Å². The third-order valence-corrected chi connectivity index (χ3v) is 4.25. The number of hydrogen-bond acceptors (Lipinski definition) is 3. The van der Waals surface area contributed by atoms with Crippen molar-refractivity contribution >= 4 is 0 Å². The first kappa shape index (κ1) is 12.0. The summed E-state index contributed by atoms with van der Waals surface area (Å²) in [6, 6.07) is 0.595. The van der Waals surface area contributed by atoms with Gasteiger partial charge in [0.25, 0.3) is 0 Å². The molecule has 0 radical (unpaired) electrons. The van der Waals surface area contributed by atoms with Crippen LogP contribution in [0, 0.1) is 0 Å². The normalized spacial score (nSPS) is 26.6. The van der Waals surface area contributed by atoms with Gasteiger partial charge in [0, 0.05) is 6.54 Å². The number of rotatable bonds is 3. The molecule has 2 fully saturated rings. The van der Waals surface area contributed by atoms with Crippen molar-refractivity contribution in [2.75, 3.05) is 13.6 Å². The summed E-state index contributed by atoms with van der Waals surface area (Å²) < 4.78 is 8.12. The molecule has 0 N–H and O–H groups in total. The fourth-order valence-electron chi connectivity index (χ4n) is 3.11. The standard InChI is InChI=1S/C14H23N3O/c1-16-9-5-8-14(16)18-13-10-15-17(11-13)12-6-3-2-4-7-12/h10-12,14H,2-9H2,1H3. The number of aromatic nitrogens is 2. The van der Waals surface area contributed by atoms with Crippen LogP contribution in [0.4, 0.5) is 0 Å². The molecule has 1 aliphatic carbocycles. The van der Waals surface area contributed by atoms with E-state index in [9.17, 15) is 0 Å². The molecule has 3 rings (SSSR count). The first-order valence-corrected chi connectivity index (χ1v) is 7.24. The lowest BCUT2D eigenvalue weighted by Crippen LogP contribution is -2.30. The number of likely N-dealkylation sites (tertiary alicyclic amines) is 1. The Morgan fingerprint density at radius 1 is 1.17 bits per heavy atom. The van der Waals surface area contributed by atoms with Gasteiger partial charge in [-0.05, 0) is 32.7 Å². The fraction of sp³-hybridized carbons (Fsp3) is 0.786. The zero-order chi connectivity index (χ0) is 12.4. The maximum absolute atomic E-state index is 6.00. The second kappa shape index (κ2) is 5.31. The zero-order valence-corrected chi connectivity index (χ0v) is 11.2. The Hall–Kier alpha value is -1.03. The maximum atomic E-state index is 6.00. The van der Waals surface area contributed by atoms with E-state index in [4.69, 9.17) is 4.74 Å². The molecule has 1 saturated heterocycles. The summed E-state index contributed by atoms with van der Waals surface area (Å²) in [5, 5.41) is 4.48. The smallest absolute Gasteiger partial charge is 0.159 e. The molecule has 0 spiro atoms. The summed E-state index contributed by atoms with van der Waals surface area (Å²) in [6.45, 7) is 1.14. The Bertz CT molecular complexity index is 384. The summed E-state index contributed by atoms with van der Waals surface area (Å²) in [5.41, 5.74) is 0. The molecule has 0 bridgehead atoms. The number of ether oxygens (including phenoxy) is 1. The summed E-state index contributed by atoms with van der Waals surface area (Å²) in [6.07, 6.45) is 13.2. The van der Waals surface area contributed by atoms with Crippen LogP contribution in [-0.4, -0.2) is 34.5 Å². The average molecular weight is 249 g/mol. The van der Waals surface area contributed by atoms with E-state index in [-0.39, 0.29) is 6.23 Å². The molecular weight excluding hydrogens is 226 g/mol. The van der Waals surface area contributed by atoms with Crippen LogP contribution in [-0.2, 0) is 0 Å². The summed E-state index contributed by atoms with van der Waals surface area (Å²) in [7, 11) is 2.13. The molecule has 18 heavy (non-hydrogen) atoms. The topological polar surface area (TPSA) is 30.3 Å². The summed E-state index contributed by atoms with van der Waals surface area (Å²) in [5.74, 6) is 0.930. The maximum Gasteiger partial charge on any atom is 0.159 e. The van der Waals surface area contributed by atoms with Crippen molar-refractivity contribution in [3.63, 3.8) is 0 Å². The summed E-state index contributed by atoms with van der Waals surface area (Å²) >= 11 is 0. The van der Waals surface area contributed by atoms with E-state index in [0.717, 1.165) is 18.7 Å². The Morgan fingerprint density at radius 3 is 2.72 bits per heavy atom. The third-order valence-electron chi connectivity index (χ3n) is 4.25. The largest absolute Gasteiger partial charge is 0.472 e. The second-order valence-corrected chi connectivity index (χ2v) is 5.64. The van der Waals surface area contributed by atoms with Crippen molar-refractivity contribution in [2.24, 2.45) is 0 Å². The number of nitrogens with zero attached hydrogens (tertiary/aromatic N) is 3. The van der Waals surface area contributed by atoms with Crippen LogP contribution in [0.3, 0.4) is 0 Å². The first-order chi connectivity index (χ1) is 8.83. The third kappa shape index (κ3) is 2.53. The Morgan fingerprint density at radius 2 is 2.00 bits per heavy atom. The van der Waals surface area contributed by atoms with Gasteiger partial charge in [-0.15, -0.1) is 0 Å². The highest BCUT2D eigenvalue weighted by Crippen LogP contribution is 2.29. The molecule has 2 heterocycles. The van der Waals surface area contributed by atoms with Crippen molar-refractivity contribution in [3.8, 4) is 5.75 Å². The van der Waals surface area contributed by atoms with Crippen molar-refractivity contribution < 1.29 is 4.74 Å². The molecule has 1 unspecified atom stereocenters. The monoisotopic (exact) mass is 249 g/mol. The van der Waals surface area contributed by atoms with Crippen LogP contribution in [0.25, 0.3) is 0 Å². The summed E-state index contributed by atoms with van der Waals surface area (Å²) in [4.78, 5) is 2.28. The molecule has 0 amide bonds. The molecule has 2 aliphatic rings. The minimum atomic E-state index is 0.244. The molecule has 4 nitrogen and oxygen atoms in total. The van der Waals surface area contributed by atoms with Gasteiger partial charge in [-0.2, -0.15) is 5.10 Å². The van der Waals surface area contributed by atoms with E-state index >= 15 is 0 Å². The van der Waals surface area contributed by atoms with Gasteiger partial charge in [0.1, 0.15) is 0 Å². The number of hydrogen-bond donors (Lipinski definition) is 0. The lowest BCUT2D eigenvalue weighted by Gasteiger charge is -2.22. The van der Waals surface area contributed by atoms with Gasteiger partial charge < -0.3 is 4.74 Å². The Balaban J connectivity index is 1.62. The molecular formula is C14H23N3O. The van der Waals surface area contributed by atoms with Crippen molar-refractivity contribution in [1.29, 1.82) is 0 Å². The van der Waals surface area contributed by atoms with Crippen molar-refractivity contribution in [3.05, 3.63) is 12.4 Å². The molecule has 1 aromatic rings. The van der Waals surface area contributed by atoms with Gasteiger partial charge in [0.15, 0.2) is 12.0 Å². The predicted molar refractivity (Wildman–Crippen MR) is 70.6 cm³/mol. The average Bonchev–Trinajstić information content (AvgIpc) is 3.02. The lowest BCUT2D eigenvalue weighted by atomic mass is 9.96. The van der Waals surface area contributed by atoms with Crippen LogP contribution in [0.5, 0.6) is 5.75 Å². The highest BCUT2D eigenvalue weighted by atomic mass is 16.5. The van der Waals surface area contributed by atoms with E-state index in [2.05, 4.69) is 27.9 Å². The molecule has 4 heteroatoms. The SMILES string of the molecule is CN1CCCC1Oc1cnn(C2CCCCC2)c1. The van der Waals surface area contributed by atoms with Crippen LogP contribution < -0.4 is 4.74 Å². The zero-order valence-electron chi connectivity index (χ0n) is 11.2. The van der Waals surface area contributed by atoms with E-state index in [1.807, 2.05) is 6.20 Å². The Kier molecular flexibility index (Phi) is 3.55. The van der Waals surface area contributed by atoms with Gasteiger partial charge in [0.2, 0.25) is 0 Å². The highest BCUT2D eigenvalue weighted by molar-refractivity contribution is 5.13. The first-order valence-electron chi connectivity index (χ1n) is 7.24. The van der Waals surface area contributed by atoms with E-state index in [1.165, 1.54) is 38.5 Å².